The lowest BCUT2D eigenvalue weighted by atomic mass is 9.77. The smallest absolute Gasteiger partial charge is 0.317 e. The zero-order chi connectivity index (χ0) is 10.4. The molecule has 1 aliphatic heterocycles. The van der Waals surface area contributed by atoms with Gasteiger partial charge in [-0.3, -0.25) is 4.79 Å². The summed E-state index contributed by atoms with van der Waals surface area (Å²) < 4.78 is 5.18. The first-order valence-electron chi connectivity index (χ1n) is 5.74. The fourth-order valence-corrected chi connectivity index (χ4v) is 2.34. The van der Waals surface area contributed by atoms with E-state index < -0.39 is 0 Å². The second kappa shape index (κ2) is 5.35. The number of hydrogen-bond acceptors (Lipinski definition) is 2. The SMILES string of the molecule is CCCC1(C(=O)OCC)CCC[NH2+]C1. The van der Waals surface area contributed by atoms with Gasteiger partial charge in [0.1, 0.15) is 5.41 Å². The van der Waals surface area contributed by atoms with E-state index >= 15 is 0 Å². The van der Waals surface area contributed by atoms with Gasteiger partial charge in [0.25, 0.3) is 0 Å². The summed E-state index contributed by atoms with van der Waals surface area (Å²) in [5.41, 5.74) is -0.178. The van der Waals surface area contributed by atoms with Crippen molar-refractivity contribution in [2.24, 2.45) is 5.41 Å². The Labute approximate surface area is 86.2 Å². The van der Waals surface area contributed by atoms with E-state index in [-0.39, 0.29) is 11.4 Å². The molecule has 1 aliphatic rings. The van der Waals surface area contributed by atoms with Crippen molar-refractivity contribution in [2.75, 3.05) is 19.7 Å². The lowest BCUT2D eigenvalue weighted by Gasteiger charge is -2.32. The van der Waals surface area contributed by atoms with Crippen molar-refractivity contribution in [1.29, 1.82) is 0 Å². The highest BCUT2D eigenvalue weighted by molar-refractivity contribution is 5.77. The van der Waals surface area contributed by atoms with Gasteiger partial charge in [0.15, 0.2) is 0 Å². The van der Waals surface area contributed by atoms with E-state index in [0.717, 1.165) is 38.8 Å². The average molecular weight is 200 g/mol. The van der Waals surface area contributed by atoms with E-state index in [9.17, 15) is 4.79 Å². The van der Waals surface area contributed by atoms with Gasteiger partial charge in [0.05, 0.1) is 19.7 Å². The molecule has 1 fully saturated rings. The van der Waals surface area contributed by atoms with Crippen molar-refractivity contribution < 1.29 is 14.8 Å². The largest absolute Gasteiger partial charge is 0.465 e. The Kier molecular flexibility index (Phi) is 4.39. The summed E-state index contributed by atoms with van der Waals surface area (Å²) in [6.07, 6.45) is 4.18. The van der Waals surface area contributed by atoms with Gasteiger partial charge in [-0.1, -0.05) is 13.3 Å². The molecule has 14 heavy (non-hydrogen) atoms. The highest BCUT2D eigenvalue weighted by atomic mass is 16.5. The first-order chi connectivity index (χ1) is 6.75. The summed E-state index contributed by atoms with van der Waals surface area (Å²) in [6, 6.07) is 0. The van der Waals surface area contributed by atoms with Crippen LogP contribution in [-0.4, -0.2) is 25.7 Å². The molecule has 0 radical (unpaired) electrons. The van der Waals surface area contributed by atoms with Gasteiger partial charge in [-0.25, -0.2) is 0 Å². The molecule has 82 valence electrons. The standard InChI is InChI=1S/C11H21NO2/c1-3-6-11(10(13)14-4-2)7-5-8-12-9-11/h12H,3-9H2,1-2H3/p+1. The third-order valence-corrected chi connectivity index (χ3v) is 3.04. The van der Waals surface area contributed by atoms with Crippen molar-refractivity contribution >= 4 is 5.97 Å². The quantitative estimate of drug-likeness (QED) is 0.679. The second-order valence-electron chi connectivity index (χ2n) is 4.14. The molecule has 3 nitrogen and oxygen atoms in total. The maximum Gasteiger partial charge on any atom is 0.317 e. The van der Waals surface area contributed by atoms with Crippen molar-refractivity contribution in [3.63, 3.8) is 0 Å². The molecule has 1 atom stereocenters. The van der Waals surface area contributed by atoms with Crippen LogP contribution >= 0.6 is 0 Å². The third-order valence-electron chi connectivity index (χ3n) is 3.04. The molecule has 0 saturated carbocycles. The van der Waals surface area contributed by atoms with Gasteiger partial charge in [0, 0.05) is 0 Å². The van der Waals surface area contributed by atoms with Gasteiger partial charge in [-0.15, -0.1) is 0 Å². The number of quaternary nitrogens is 1. The van der Waals surface area contributed by atoms with Crippen molar-refractivity contribution in [2.45, 2.75) is 39.5 Å². The van der Waals surface area contributed by atoms with Crippen LogP contribution in [0.1, 0.15) is 39.5 Å². The Balaban J connectivity index is 2.63. The Bertz CT molecular complexity index is 180. The maximum absolute atomic E-state index is 11.9. The fraction of sp³-hybridized carbons (Fsp3) is 0.909. The van der Waals surface area contributed by atoms with Crippen LogP contribution < -0.4 is 5.32 Å². The minimum absolute atomic E-state index is 0.0257. The predicted molar refractivity (Wildman–Crippen MR) is 54.9 cm³/mol. The zero-order valence-electron chi connectivity index (χ0n) is 9.34. The normalized spacial score (nSPS) is 27.3. The Morgan fingerprint density at radius 3 is 2.79 bits per heavy atom. The van der Waals surface area contributed by atoms with E-state index in [1.165, 1.54) is 0 Å². The molecule has 0 bridgehead atoms. The van der Waals surface area contributed by atoms with Crippen molar-refractivity contribution in [1.82, 2.24) is 0 Å². The highest BCUT2D eigenvalue weighted by Gasteiger charge is 2.42. The molecule has 0 aromatic heterocycles. The monoisotopic (exact) mass is 200 g/mol. The number of hydrogen-bond donors (Lipinski definition) is 1. The third kappa shape index (κ3) is 2.47. The van der Waals surface area contributed by atoms with Crippen LogP contribution in [0.3, 0.4) is 0 Å². The molecule has 2 N–H and O–H groups in total. The summed E-state index contributed by atoms with van der Waals surface area (Å²) in [7, 11) is 0. The van der Waals surface area contributed by atoms with Crippen molar-refractivity contribution in [3.8, 4) is 0 Å². The minimum atomic E-state index is -0.178. The van der Waals surface area contributed by atoms with Crippen molar-refractivity contribution in [3.05, 3.63) is 0 Å². The van der Waals surface area contributed by atoms with E-state index in [1.807, 2.05) is 6.92 Å². The predicted octanol–water partition coefficient (Wildman–Crippen LogP) is 0.693. The number of carbonyl (C=O) groups excluding carboxylic acids is 1. The summed E-state index contributed by atoms with van der Waals surface area (Å²) >= 11 is 0. The van der Waals surface area contributed by atoms with Crippen LogP contribution in [0.25, 0.3) is 0 Å². The first-order valence-corrected chi connectivity index (χ1v) is 5.74. The summed E-state index contributed by atoms with van der Waals surface area (Å²) in [6.45, 7) is 6.59. The van der Waals surface area contributed by atoms with E-state index in [2.05, 4.69) is 12.2 Å². The molecular formula is C11H22NO2+. The Morgan fingerprint density at radius 2 is 2.29 bits per heavy atom. The molecule has 1 rings (SSSR count). The maximum atomic E-state index is 11.9. The minimum Gasteiger partial charge on any atom is -0.465 e. The molecular weight excluding hydrogens is 178 g/mol. The second-order valence-corrected chi connectivity index (χ2v) is 4.14. The molecule has 0 spiro atoms. The van der Waals surface area contributed by atoms with Gasteiger partial charge < -0.3 is 10.1 Å². The number of nitrogens with two attached hydrogens (primary N) is 1. The molecule has 0 aliphatic carbocycles. The zero-order valence-corrected chi connectivity index (χ0v) is 9.34. The molecule has 1 saturated heterocycles. The fourth-order valence-electron chi connectivity index (χ4n) is 2.34. The summed E-state index contributed by atoms with van der Waals surface area (Å²) in [5, 5.41) is 2.25. The number of carbonyl (C=O) groups is 1. The highest BCUT2D eigenvalue weighted by Crippen LogP contribution is 2.31. The molecule has 0 aromatic carbocycles. The van der Waals surface area contributed by atoms with Gasteiger partial charge in [-0.05, 0) is 26.2 Å². The summed E-state index contributed by atoms with van der Waals surface area (Å²) in [5.74, 6) is 0.0257. The molecule has 1 heterocycles. The van der Waals surface area contributed by atoms with Crippen LogP contribution in [0.15, 0.2) is 0 Å². The Morgan fingerprint density at radius 1 is 1.50 bits per heavy atom. The molecule has 1 unspecified atom stereocenters. The molecule has 0 aromatic rings. The van der Waals surface area contributed by atoms with E-state index in [1.54, 1.807) is 0 Å². The van der Waals surface area contributed by atoms with Crippen LogP contribution in [0.2, 0.25) is 0 Å². The Hall–Kier alpha value is -0.570. The van der Waals surface area contributed by atoms with Crippen LogP contribution in [0.5, 0.6) is 0 Å². The van der Waals surface area contributed by atoms with Crippen LogP contribution in [0, 0.1) is 5.41 Å². The first kappa shape index (κ1) is 11.5. The van der Waals surface area contributed by atoms with E-state index in [0.29, 0.717) is 6.61 Å². The number of esters is 1. The molecule has 0 amide bonds. The van der Waals surface area contributed by atoms with E-state index in [4.69, 9.17) is 4.74 Å². The number of ether oxygens (including phenoxy) is 1. The van der Waals surface area contributed by atoms with Crippen LogP contribution in [-0.2, 0) is 9.53 Å². The lowest BCUT2D eigenvalue weighted by Crippen LogP contribution is -2.89. The molecule has 3 heteroatoms. The van der Waals surface area contributed by atoms with Crippen LogP contribution in [0.4, 0.5) is 0 Å². The number of piperidine rings is 1. The van der Waals surface area contributed by atoms with Gasteiger partial charge in [-0.2, -0.15) is 0 Å². The topological polar surface area (TPSA) is 42.9 Å². The number of rotatable bonds is 4. The van der Waals surface area contributed by atoms with Gasteiger partial charge in [0.2, 0.25) is 0 Å². The lowest BCUT2D eigenvalue weighted by molar-refractivity contribution is -0.674. The summed E-state index contributed by atoms with van der Waals surface area (Å²) in [4.78, 5) is 11.9. The average Bonchev–Trinajstić information content (AvgIpc) is 2.20. The van der Waals surface area contributed by atoms with Gasteiger partial charge >= 0.3 is 5.97 Å².